The molecule has 2 N–H and O–H groups in total. The van der Waals surface area contributed by atoms with Crippen molar-refractivity contribution < 1.29 is 4.79 Å². The van der Waals surface area contributed by atoms with E-state index < -0.39 is 0 Å². The predicted molar refractivity (Wildman–Crippen MR) is 75.8 cm³/mol. The predicted octanol–water partition coefficient (Wildman–Crippen LogP) is 2.15. The Balaban J connectivity index is 1.59. The molecule has 0 radical (unpaired) electrons. The average Bonchev–Trinajstić information content (AvgIpc) is 2.48. The molecule has 0 bridgehead atoms. The van der Waals surface area contributed by atoms with Gasteiger partial charge in [0.15, 0.2) is 0 Å². The Hall–Kier alpha value is -1.35. The maximum Gasteiger partial charge on any atom is 0.237 e. The van der Waals surface area contributed by atoms with E-state index in [2.05, 4.69) is 34.9 Å². The van der Waals surface area contributed by atoms with Crippen LogP contribution in [0.25, 0.3) is 0 Å². The Morgan fingerprint density at radius 1 is 1.11 bits per heavy atom. The molecule has 3 heteroatoms. The van der Waals surface area contributed by atoms with Gasteiger partial charge in [0, 0.05) is 12.6 Å². The van der Waals surface area contributed by atoms with Crippen LogP contribution in [0.4, 0.5) is 0 Å². The zero-order valence-corrected chi connectivity index (χ0v) is 11.3. The van der Waals surface area contributed by atoms with Gasteiger partial charge in [-0.3, -0.25) is 4.79 Å². The van der Waals surface area contributed by atoms with Crippen molar-refractivity contribution in [1.29, 1.82) is 0 Å². The lowest BCUT2D eigenvalue weighted by molar-refractivity contribution is -0.124. The number of rotatable bonds is 2. The fourth-order valence-electron chi connectivity index (χ4n) is 3.19. The van der Waals surface area contributed by atoms with Gasteiger partial charge < -0.3 is 10.6 Å². The van der Waals surface area contributed by atoms with Gasteiger partial charge >= 0.3 is 0 Å². The minimum Gasteiger partial charge on any atom is -0.352 e. The quantitative estimate of drug-likeness (QED) is 0.853. The molecule has 1 aromatic rings. The minimum absolute atomic E-state index is 0.0585. The van der Waals surface area contributed by atoms with Crippen LogP contribution in [0.3, 0.4) is 0 Å². The van der Waals surface area contributed by atoms with E-state index in [1.807, 2.05) is 0 Å². The largest absolute Gasteiger partial charge is 0.352 e. The molecule has 0 aromatic heterocycles. The van der Waals surface area contributed by atoms with Crippen molar-refractivity contribution in [3.05, 3.63) is 35.4 Å². The third kappa shape index (κ3) is 2.98. The molecule has 19 heavy (non-hydrogen) atoms. The molecule has 1 atom stereocenters. The lowest BCUT2D eigenvalue weighted by Crippen LogP contribution is -2.50. The van der Waals surface area contributed by atoms with E-state index in [0.29, 0.717) is 6.04 Å². The third-order valence-corrected chi connectivity index (χ3v) is 4.35. The number of benzene rings is 1. The van der Waals surface area contributed by atoms with Gasteiger partial charge in [0.25, 0.3) is 0 Å². The summed E-state index contributed by atoms with van der Waals surface area (Å²) in [4.78, 5) is 12.3. The number of carbonyl (C=O) groups is 1. The molecule has 102 valence electrons. The van der Waals surface area contributed by atoms with E-state index in [9.17, 15) is 4.79 Å². The van der Waals surface area contributed by atoms with Crippen LogP contribution in [0.2, 0.25) is 0 Å². The summed E-state index contributed by atoms with van der Waals surface area (Å²) in [5.41, 5.74) is 2.63. The number of carbonyl (C=O) groups excluding carboxylic acids is 1. The highest BCUT2D eigenvalue weighted by Gasteiger charge is 2.25. The molecule has 2 aliphatic rings. The highest BCUT2D eigenvalue weighted by Crippen LogP contribution is 2.19. The topological polar surface area (TPSA) is 41.1 Å². The molecule has 1 aliphatic heterocycles. The molecule has 3 rings (SSSR count). The Morgan fingerprint density at radius 3 is 2.63 bits per heavy atom. The second-order valence-corrected chi connectivity index (χ2v) is 5.75. The summed E-state index contributed by atoms with van der Waals surface area (Å²) in [5, 5.41) is 6.57. The number of fused-ring (bicyclic) bond motifs is 1. The van der Waals surface area contributed by atoms with Crippen LogP contribution >= 0.6 is 0 Å². The van der Waals surface area contributed by atoms with E-state index in [-0.39, 0.29) is 11.9 Å². The summed E-state index contributed by atoms with van der Waals surface area (Å²) < 4.78 is 0. The van der Waals surface area contributed by atoms with Crippen molar-refractivity contribution in [2.75, 3.05) is 0 Å². The van der Waals surface area contributed by atoms with Crippen LogP contribution in [0.1, 0.15) is 43.2 Å². The van der Waals surface area contributed by atoms with E-state index >= 15 is 0 Å². The second kappa shape index (κ2) is 5.74. The maximum atomic E-state index is 12.3. The zero-order valence-electron chi connectivity index (χ0n) is 11.3. The SMILES string of the molecule is O=C(NC1CCCCC1)C1Cc2ccccc2CN1. The average molecular weight is 258 g/mol. The van der Waals surface area contributed by atoms with Crippen LogP contribution in [0.15, 0.2) is 24.3 Å². The van der Waals surface area contributed by atoms with Gasteiger partial charge in [-0.25, -0.2) is 0 Å². The summed E-state index contributed by atoms with van der Waals surface area (Å²) >= 11 is 0. The van der Waals surface area contributed by atoms with Crippen LogP contribution in [0, 0.1) is 0 Å². The third-order valence-electron chi connectivity index (χ3n) is 4.35. The van der Waals surface area contributed by atoms with Crippen molar-refractivity contribution in [3.8, 4) is 0 Å². The Kier molecular flexibility index (Phi) is 3.83. The fourth-order valence-corrected chi connectivity index (χ4v) is 3.19. The van der Waals surface area contributed by atoms with Crippen LogP contribution < -0.4 is 10.6 Å². The molecule has 1 aliphatic carbocycles. The summed E-state index contributed by atoms with van der Waals surface area (Å²) in [5.74, 6) is 0.182. The Labute approximate surface area is 114 Å². The molecule has 3 nitrogen and oxygen atoms in total. The molecule has 1 aromatic carbocycles. The summed E-state index contributed by atoms with van der Waals surface area (Å²) in [6.07, 6.45) is 6.94. The smallest absolute Gasteiger partial charge is 0.237 e. The van der Waals surface area contributed by atoms with E-state index in [1.54, 1.807) is 0 Å². The number of hydrogen-bond donors (Lipinski definition) is 2. The first-order valence-corrected chi connectivity index (χ1v) is 7.43. The summed E-state index contributed by atoms with van der Waals surface area (Å²) in [6, 6.07) is 8.73. The molecule has 1 unspecified atom stereocenters. The van der Waals surface area contributed by atoms with Crippen molar-refractivity contribution in [2.45, 2.75) is 57.2 Å². The molecule has 1 amide bonds. The van der Waals surface area contributed by atoms with Crippen molar-refractivity contribution >= 4 is 5.91 Å². The summed E-state index contributed by atoms with van der Waals surface area (Å²) in [7, 11) is 0. The van der Waals surface area contributed by atoms with Gasteiger partial charge in [-0.2, -0.15) is 0 Å². The van der Waals surface area contributed by atoms with Crippen molar-refractivity contribution in [3.63, 3.8) is 0 Å². The molecule has 1 heterocycles. The Morgan fingerprint density at radius 2 is 1.84 bits per heavy atom. The first-order valence-electron chi connectivity index (χ1n) is 7.43. The molecule has 1 fully saturated rings. The first-order chi connectivity index (χ1) is 9.33. The highest BCUT2D eigenvalue weighted by atomic mass is 16.2. The van der Waals surface area contributed by atoms with Gasteiger partial charge in [-0.05, 0) is 30.4 Å². The van der Waals surface area contributed by atoms with Crippen LogP contribution in [0.5, 0.6) is 0 Å². The van der Waals surface area contributed by atoms with Gasteiger partial charge in [-0.15, -0.1) is 0 Å². The molecule has 1 saturated carbocycles. The van der Waals surface area contributed by atoms with Gasteiger partial charge in [-0.1, -0.05) is 43.5 Å². The van der Waals surface area contributed by atoms with Crippen LogP contribution in [-0.4, -0.2) is 18.0 Å². The van der Waals surface area contributed by atoms with Crippen molar-refractivity contribution in [1.82, 2.24) is 10.6 Å². The zero-order chi connectivity index (χ0) is 13.1. The molecule has 0 spiro atoms. The van der Waals surface area contributed by atoms with Crippen LogP contribution in [-0.2, 0) is 17.8 Å². The van der Waals surface area contributed by atoms with Gasteiger partial charge in [0.1, 0.15) is 0 Å². The highest BCUT2D eigenvalue weighted by molar-refractivity contribution is 5.82. The Bertz CT molecular complexity index is 452. The number of nitrogens with one attached hydrogen (secondary N) is 2. The molecular formula is C16H22N2O. The number of hydrogen-bond acceptors (Lipinski definition) is 2. The number of amides is 1. The summed E-state index contributed by atoms with van der Waals surface area (Å²) in [6.45, 7) is 0.804. The van der Waals surface area contributed by atoms with E-state index in [4.69, 9.17) is 0 Å². The van der Waals surface area contributed by atoms with Gasteiger partial charge in [0.2, 0.25) is 5.91 Å². The fraction of sp³-hybridized carbons (Fsp3) is 0.562. The molecule has 0 saturated heterocycles. The first kappa shape index (κ1) is 12.7. The lowest BCUT2D eigenvalue weighted by atomic mass is 9.93. The maximum absolute atomic E-state index is 12.3. The minimum atomic E-state index is -0.0585. The lowest BCUT2D eigenvalue weighted by Gasteiger charge is -2.29. The van der Waals surface area contributed by atoms with Crippen molar-refractivity contribution in [2.24, 2.45) is 0 Å². The normalized spacial score (nSPS) is 23.7. The van der Waals surface area contributed by atoms with Gasteiger partial charge in [0.05, 0.1) is 6.04 Å². The second-order valence-electron chi connectivity index (χ2n) is 5.75. The molecular weight excluding hydrogens is 236 g/mol. The monoisotopic (exact) mass is 258 g/mol. The standard InChI is InChI=1S/C16H22N2O/c19-16(18-14-8-2-1-3-9-14)15-10-12-6-4-5-7-13(12)11-17-15/h4-7,14-15,17H,1-3,8-11H2,(H,18,19). The van der Waals surface area contributed by atoms with E-state index in [1.165, 1.54) is 30.4 Å². The van der Waals surface area contributed by atoms with E-state index in [0.717, 1.165) is 25.8 Å².